The molecule has 35 heavy (non-hydrogen) atoms. The number of anilines is 1. The Hall–Kier alpha value is -3.26. The molecule has 2 aliphatic rings. The molecular weight excluding hydrogens is 438 g/mol. The Morgan fingerprint density at radius 3 is 2.51 bits per heavy atom. The standard InChI is InChI=1S/C27H33N7O/c1-19-16-34-25(20(2)28-19)14-24(30-34)23-15-27(35)33-18-22(6-7-26(33)29-23)32-12-8-21(9-13-32)17-31-10-4-3-5-11-31/h6-7,14-16,18,21H,3-5,8-13,17H2,1-2H3. The van der Waals surface area contributed by atoms with Gasteiger partial charge in [-0.15, -0.1) is 0 Å². The number of piperidine rings is 2. The van der Waals surface area contributed by atoms with Crippen molar-refractivity contribution in [3.8, 4) is 11.4 Å². The van der Waals surface area contributed by atoms with Gasteiger partial charge in [-0.1, -0.05) is 6.42 Å². The van der Waals surface area contributed by atoms with Crippen molar-refractivity contribution in [3.05, 3.63) is 58.4 Å². The van der Waals surface area contributed by atoms with E-state index in [4.69, 9.17) is 4.98 Å². The fourth-order valence-electron chi connectivity index (χ4n) is 5.71. The average Bonchev–Trinajstić information content (AvgIpc) is 3.30. The number of aromatic nitrogens is 5. The van der Waals surface area contributed by atoms with Gasteiger partial charge in [0.25, 0.3) is 5.56 Å². The Balaban J connectivity index is 1.21. The molecule has 0 N–H and O–H groups in total. The highest BCUT2D eigenvalue weighted by Gasteiger charge is 2.23. The number of pyridine rings is 1. The van der Waals surface area contributed by atoms with Crippen LogP contribution in [0.2, 0.25) is 0 Å². The van der Waals surface area contributed by atoms with Gasteiger partial charge in [0.2, 0.25) is 0 Å². The average molecular weight is 472 g/mol. The Bertz CT molecular complexity index is 1430. The molecule has 0 amide bonds. The lowest BCUT2D eigenvalue weighted by molar-refractivity contribution is 0.181. The van der Waals surface area contributed by atoms with Crippen LogP contribution in [0, 0.1) is 19.8 Å². The molecule has 0 radical (unpaired) electrons. The summed E-state index contributed by atoms with van der Waals surface area (Å²) in [5, 5.41) is 4.65. The first kappa shape index (κ1) is 22.2. The molecule has 2 aliphatic heterocycles. The lowest BCUT2D eigenvalue weighted by atomic mass is 9.95. The largest absolute Gasteiger partial charge is 0.370 e. The van der Waals surface area contributed by atoms with Gasteiger partial charge >= 0.3 is 0 Å². The molecule has 8 heteroatoms. The molecule has 0 saturated carbocycles. The van der Waals surface area contributed by atoms with Crippen molar-refractivity contribution in [3.63, 3.8) is 0 Å². The first-order valence-corrected chi connectivity index (χ1v) is 12.9. The Kier molecular flexibility index (Phi) is 5.76. The molecule has 0 unspecified atom stereocenters. The van der Waals surface area contributed by atoms with Crippen LogP contribution in [0.5, 0.6) is 0 Å². The molecule has 0 spiro atoms. The highest BCUT2D eigenvalue weighted by molar-refractivity contribution is 5.66. The van der Waals surface area contributed by atoms with Crippen molar-refractivity contribution >= 4 is 16.9 Å². The zero-order valence-electron chi connectivity index (χ0n) is 20.7. The minimum absolute atomic E-state index is 0.0880. The van der Waals surface area contributed by atoms with E-state index in [1.807, 2.05) is 42.9 Å². The fraction of sp³-hybridized carbons (Fsp3) is 0.481. The van der Waals surface area contributed by atoms with Crippen LogP contribution in [-0.2, 0) is 0 Å². The van der Waals surface area contributed by atoms with Gasteiger partial charge in [-0.25, -0.2) is 9.50 Å². The lowest BCUT2D eigenvalue weighted by Crippen LogP contribution is -2.40. The number of nitrogens with zero attached hydrogens (tertiary/aromatic N) is 7. The fourth-order valence-corrected chi connectivity index (χ4v) is 5.71. The van der Waals surface area contributed by atoms with Gasteiger partial charge in [-0.3, -0.25) is 14.2 Å². The summed E-state index contributed by atoms with van der Waals surface area (Å²) in [4.78, 5) is 27.4. The van der Waals surface area contributed by atoms with Crippen LogP contribution in [0.4, 0.5) is 5.69 Å². The Morgan fingerprint density at radius 2 is 1.71 bits per heavy atom. The van der Waals surface area contributed by atoms with E-state index >= 15 is 0 Å². The Labute approximate surface area is 205 Å². The van der Waals surface area contributed by atoms with Gasteiger partial charge in [0.1, 0.15) is 11.3 Å². The summed E-state index contributed by atoms with van der Waals surface area (Å²) >= 11 is 0. The number of fused-ring (bicyclic) bond motifs is 2. The molecular formula is C27H33N7O. The molecule has 6 rings (SSSR count). The zero-order chi connectivity index (χ0) is 23.9. The maximum Gasteiger partial charge on any atom is 0.258 e. The van der Waals surface area contributed by atoms with Gasteiger partial charge in [0, 0.05) is 31.9 Å². The first-order chi connectivity index (χ1) is 17.0. The summed E-state index contributed by atoms with van der Waals surface area (Å²) in [6.45, 7) is 9.78. The normalized spacial score (nSPS) is 18.1. The van der Waals surface area contributed by atoms with Crippen molar-refractivity contribution < 1.29 is 0 Å². The van der Waals surface area contributed by atoms with Gasteiger partial charge in [0.05, 0.1) is 34.5 Å². The monoisotopic (exact) mass is 471 g/mol. The number of hydrogen-bond acceptors (Lipinski definition) is 6. The van der Waals surface area contributed by atoms with Crippen LogP contribution in [0.3, 0.4) is 0 Å². The minimum Gasteiger partial charge on any atom is -0.370 e. The molecule has 0 aromatic carbocycles. The highest BCUT2D eigenvalue weighted by atomic mass is 16.1. The third kappa shape index (κ3) is 4.43. The molecule has 182 valence electrons. The predicted octanol–water partition coefficient (Wildman–Crippen LogP) is 3.72. The molecule has 0 aliphatic carbocycles. The lowest BCUT2D eigenvalue weighted by Gasteiger charge is -2.37. The summed E-state index contributed by atoms with van der Waals surface area (Å²) < 4.78 is 3.47. The van der Waals surface area contributed by atoms with Crippen LogP contribution in [0.25, 0.3) is 22.6 Å². The van der Waals surface area contributed by atoms with Crippen molar-refractivity contribution in [1.82, 2.24) is 28.9 Å². The maximum atomic E-state index is 13.1. The summed E-state index contributed by atoms with van der Waals surface area (Å²) in [6, 6.07) is 7.58. The topological polar surface area (TPSA) is 71.0 Å². The van der Waals surface area contributed by atoms with Gasteiger partial charge in [-0.2, -0.15) is 5.10 Å². The van der Waals surface area contributed by atoms with E-state index in [0.29, 0.717) is 17.0 Å². The molecule has 2 saturated heterocycles. The van der Waals surface area contributed by atoms with Crippen LogP contribution in [-0.4, -0.2) is 61.6 Å². The van der Waals surface area contributed by atoms with Crippen molar-refractivity contribution in [1.29, 1.82) is 0 Å². The van der Waals surface area contributed by atoms with Gasteiger partial charge in [0.15, 0.2) is 0 Å². The van der Waals surface area contributed by atoms with Crippen LogP contribution in [0.15, 0.2) is 41.5 Å². The predicted molar refractivity (Wildman–Crippen MR) is 138 cm³/mol. The third-order valence-corrected chi connectivity index (χ3v) is 7.61. The number of rotatable bonds is 4. The first-order valence-electron chi connectivity index (χ1n) is 12.9. The van der Waals surface area contributed by atoms with E-state index in [-0.39, 0.29) is 5.56 Å². The third-order valence-electron chi connectivity index (χ3n) is 7.61. The van der Waals surface area contributed by atoms with Crippen molar-refractivity contribution in [2.45, 2.75) is 46.0 Å². The molecule has 2 fully saturated rings. The van der Waals surface area contributed by atoms with Crippen molar-refractivity contribution in [2.75, 3.05) is 37.6 Å². The van der Waals surface area contributed by atoms with Gasteiger partial charge < -0.3 is 9.80 Å². The summed E-state index contributed by atoms with van der Waals surface area (Å²) in [5.74, 6) is 0.782. The zero-order valence-corrected chi connectivity index (χ0v) is 20.7. The SMILES string of the molecule is Cc1cn2nc(-c3cc(=O)n4cc(N5CCC(CN6CCCCC6)CC5)ccc4n3)cc2c(C)n1. The highest BCUT2D eigenvalue weighted by Crippen LogP contribution is 2.26. The summed E-state index contributed by atoms with van der Waals surface area (Å²) in [7, 11) is 0. The van der Waals surface area contributed by atoms with E-state index in [2.05, 4.69) is 25.9 Å². The molecule has 6 heterocycles. The number of aryl methyl sites for hydroxylation is 2. The van der Waals surface area contributed by atoms with E-state index in [9.17, 15) is 4.79 Å². The molecule has 0 atom stereocenters. The second-order valence-electron chi connectivity index (χ2n) is 10.2. The summed E-state index contributed by atoms with van der Waals surface area (Å²) in [5.41, 5.74) is 5.64. The molecule has 8 nitrogen and oxygen atoms in total. The molecule has 4 aromatic heterocycles. The van der Waals surface area contributed by atoms with E-state index in [0.717, 1.165) is 41.6 Å². The second-order valence-corrected chi connectivity index (χ2v) is 10.2. The van der Waals surface area contributed by atoms with Crippen LogP contribution >= 0.6 is 0 Å². The minimum atomic E-state index is -0.0880. The second kappa shape index (κ2) is 9.07. The molecule has 4 aromatic rings. The van der Waals surface area contributed by atoms with Crippen LogP contribution < -0.4 is 10.5 Å². The van der Waals surface area contributed by atoms with Crippen molar-refractivity contribution in [2.24, 2.45) is 5.92 Å². The van der Waals surface area contributed by atoms with E-state index in [1.165, 1.54) is 51.7 Å². The smallest absolute Gasteiger partial charge is 0.258 e. The summed E-state index contributed by atoms with van der Waals surface area (Å²) in [6.07, 6.45) is 10.4. The number of hydrogen-bond donors (Lipinski definition) is 0. The van der Waals surface area contributed by atoms with E-state index in [1.54, 1.807) is 10.5 Å². The quantitative estimate of drug-likeness (QED) is 0.452. The van der Waals surface area contributed by atoms with Crippen LogP contribution in [0.1, 0.15) is 43.5 Å². The maximum absolute atomic E-state index is 13.1. The number of likely N-dealkylation sites (tertiary alicyclic amines) is 1. The van der Waals surface area contributed by atoms with Gasteiger partial charge in [-0.05, 0) is 76.7 Å². The molecule has 0 bridgehead atoms. The van der Waals surface area contributed by atoms with E-state index < -0.39 is 0 Å². The Morgan fingerprint density at radius 1 is 0.914 bits per heavy atom.